The Kier molecular flexibility index (Phi) is 6.29. The molecule has 1 unspecified atom stereocenters. The van der Waals surface area contributed by atoms with Gasteiger partial charge in [0.2, 0.25) is 5.91 Å². The van der Waals surface area contributed by atoms with Gasteiger partial charge in [0.05, 0.1) is 30.5 Å². The highest BCUT2D eigenvalue weighted by molar-refractivity contribution is 7.09. The Morgan fingerprint density at radius 1 is 1.30 bits per heavy atom. The largest absolute Gasteiger partial charge is 0.376 e. The lowest BCUT2D eigenvalue weighted by Crippen LogP contribution is -2.37. The molecule has 1 aliphatic heterocycles. The van der Waals surface area contributed by atoms with E-state index in [4.69, 9.17) is 4.74 Å². The van der Waals surface area contributed by atoms with Crippen molar-refractivity contribution in [1.29, 1.82) is 0 Å². The van der Waals surface area contributed by atoms with Crippen LogP contribution >= 0.6 is 11.3 Å². The number of aryl methyl sites for hydroxylation is 1. The summed E-state index contributed by atoms with van der Waals surface area (Å²) in [5.41, 5.74) is 3.43. The number of halogens is 1. The van der Waals surface area contributed by atoms with Crippen molar-refractivity contribution in [2.45, 2.75) is 45.8 Å². The molecule has 2 aromatic heterocycles. The van der Waals surface area contributed by atoms with Gasteiger partial charge in [0.25, 0.3) is 0 Å². The number of benzene rings is 1. The first-order chi connectivity index (χ1) is 14.5. The van der Waals surface area contributed by atoms with Gasteiger partial charge in [-0.2, -0.15) is 5.10 Å². The molecule has 1 aromatic carbocycles. The summed E-state index contributed by atoms with van der Waals surface area (Å²) in [6, 6.07) is 10.3. The van der Waals surface area contributed by atoms with Crippen LogP contribution in [0.4, 0.5) is 4.39 Å². The van der Waals surface area contributed by atoms with Crippen LogP contribution in [0, 0.1) is 19.7 Å². The molecule has 1 amide bonds. The molecule has 1 aliphatic rings. The molecule has 0 radical (unpaired) electrons. The van der Waals surface area contributed by atoms with Gasteiger partial charge >= 0.3 is 0 Å². The number of rotatable bonds is 7. The van der Waals surface area contributed by atoms with E-state index < -0.39 is 0 Å². The average Bonchev–Trinajstić information content (AvgIpc) is 3.48. The minimum absolute atomic E-state index is 0.0729. The van der Waals surface area contributed by atoms with Crippen molar-refractivity contribution in [3.8, 4) is 5.69 Å². The standard InChI is InChI=1S/C23H26FN3O2S/c1-16-22(17(2)27(25-16)19-9-7-18(24)8-10-19)13-23(28)26(14-20-5-3-11-29-20)15-21-6-4-12-30-21/h4,6-10,12,20H,3,5,11,13-15H2,1-2H3. The van der Waals surface area contributed by atoms with E-state index in [1.807, 2.05) is 30.2 Å². The first-order valence-corrected chi connectivity index (χ1v) is 11.1. The van der Waals surface area contributed by atoms with Gasteiger partial charge in [0.1, 0.15) is 5.82 Å². The normalized spacial score (nSPS) is 16.2. The minimum atomic E-state index is -0.283. The molecular weight excluding hydrogens is 401 g/mol. The van der Waals surface area contributed by atoms with Gasteiger partial charge in [-0.25, -0.2) is 9.07 Å². The van der Waals surface area contributed by atoms with Crippen LogP contribution < -0.4 is 0 Å². The summed E-state index contributed by atoms with van der Waals surface area (Å²) in [5.74, 6) is -0.210. The highest BCUT2D eigenvalue weighted by Gasteiger charge is 2.25. The lowest BCUT2D eigenvalue weighted by molar-refractivity contribution is -0.132. The second-order valence-electron chi connectivity index (χ2n) is 7.70. The molecule has 0 aliphatic carbocycles. The molecular formula is C23H26FN3O2S. The zero-order chi connectivity index (χ0) is 21.1. The number of amides is 1. The van der Waals surface area contributed by atoms with Gasteiger partial charge < -0.3 is 9.64 Å². The smallest absolute Gasteiger partial charge is 0.227 e. The summed E-state index contributed by atoms with van der Waals surface area (Å²) in [6.45, 7) is 5.85. The van der Waals surface area contributed by atoms with Crippen molar-refractivity contribution in [2.24, 2.45) is 0 Å². The summed E-state index contributed by atoms with van der Waals surface area (Å²) in [6.07, 6.45) is 2.44. The molecule has 1 saturated heterocycles. The molecule has 4 rings (SSSR count). The van der Waals surface area contributed by atoms with E-state index in [9.17, 15) is 9.18 Å². The fraction of sp³-hybridized carbons (Fsp3) is 0.391. The maximum absolute atomic E-state index is 13.3. The van der Waals surface area contributed by atoms with Gasteiger partial charge in [0, 0.05) is 29.3 Å². The number of ether oxygens (including phenoxy) is 1. The van der Waals surface area contributed by atoms with E-state index in [2.05, 4.69) is 11.2 Å². The average molecular weight is 428 g/mol. The third-order valence-electron chi connectivity index (χ3n) is 5.57. The summed E-state index contributed by atoms with van der Waals surface area (Å²) in [7, 11) is 0. The van der Waals surface area contributed by atoms with Crippen molar-refractivity contribution in [3.63, 3.8) is 0 Å². The molecule has 3 heterocycles. The topological polar surface area (TPSA) is 47.4 Å². The highest BCUT2D eigenvalue weighted by atomic mass is 32.1. The molecule has 30 heavy (non-hydrogen) atoms. The van der Waals surface area contributed by atoms with Crippen LogP contribution in [0.5, 0.6) is 0 Å². The van der Waals surface area contributed by atoms with E-state index in [-0.39, 0.29) is 24.2 Å². The van der Waals surface area contributed by atoms with E-state index in [1.54, 1.807) is 28.2 Å². The minimum Gasteiger partial charge on any atom is -0.376 e. The number of nitrogens with zero attached hydrogens (tertiary/aromatic N) is 3. The third kappa shape index (κ3) is 4.63. The Bertz CT molecular complexity index is 992. The molecule has 158 valence electrons. The zero-order valence-corrected chi connectivity index (χ0v) is 18.1. The van der Waals surface area contributed by atoms with Crippen molar-refractivity contribution < 1.29 is 13.9 Å². The summed E-state index contributed by atoms with van der Waals surface area (Å²) >= 11 is 1.66. The summed E-state index contributed by atoms with van der Waals surface area (Å²) in [4.78, 5) is 16.4. The number of aromatic nitrogens is 2. The fourth-order valence-corrected chi connectivity index (χ4v) is 4.63. The van der Waals surface area contributed by atoms with Crippen LogP contribution in [-0.4, -0.2) is 39.8 Å². The Morgan fingerprint density at radius 3 is 2.77 bits per heavy atom. The number of hydrogen-bond donors (Lipinski definition) is 0. The van der Waals surface area contributed by atoms with E-state index in [0.717, 1.165) is 47.0 Å². The van der Waals surface area contributed by atoms with Crippen LogP contribution in [0.15, 0.2) is 41.8 Å². The molecule has 0 bridgehead atoms. The van der Waals surface area contributed by atoms with E-state index in [0.29, 0.717) is 13.1 Å². The summed E-state index contributed by atoms with van der Waals surface area (Å²) in [5, 5.41) is 6.64. The summed E-state index contributed by atoms with van der Waals surface area (Å²) < 4.78 is 20.8. The van der Waals surface area contributed by atoms with Crippen molar-refractivity contribution >= 4 is 17.2 Å². The lowest BCUT2D eigenvalue weighted by Gasteiger charge is -2.25. The van der Waals surface area contributed by atoms with Gasteiger partial charge in [0.15, 0.2) is 0 Å². The molecule has 0 N–H and O–H groups in total. The maximum atomic E-state index is 13.3. The van der Waals surface area contributed by atoms with E-state index in [1.165, 1.54) is 12.1 Å². The lowest BCUT2D eigenvalue weighted by atomic mass is 10.1. The first-order valence-electron chi connectivity index (χ1n) is 10.2. The second kappa shape index (κ2) is 9.10. The van der Waals surface area contributed by atoms with Crippen molar-refractivity contribution in [1.82, 2.24) is 14.7 Å². The molecule has 1 fully saturated rings. The Labute approximate surface area is 180 Å². The fourth-order valence-electron chi connectivity index (χ4n) is 3.91. The number of carbonyl (C=O) groups excluding carboxylic acids is 1. The molecule has 0 spiro atoms. The first kappa shape index (κ1) is 20.8. The number of carbonyl (C=O) groups is 1. The van der Waals surface area contributed by atoms with Crippen LogP contribution in [0.2, 0.25) is 0 Å². The molecule has 3 aromatic rings. The molecule has 5 nitrogen and oxygen atoms in total. The van der Waals surface area contributed by atoms with Crippen molar-refractivity contribution in [2.75, 3.05) is 13.2 Å². The molecule has 0 saturated carbocycles. The molecule has 7 heteroatoms. The molecule has 1 atom stereocenters. The third-order valence-corrected chi connectivity index (χ3v) is 6.43. The quantitative estimate of drug-likeness (QED) is 0.560. The highest BCUT2D eigenvalue weighted by Crippen LogP contribution is 2.22. The predicted molar refractivity (Wildman–Crippen MR) is 115 cm³/mol. The number of hydrogen-bond acceptors (Lipinski definition) is 4. The van der Waals surface area contributed by atoms with Gasteiger partial charge in [-0.15, -0.1) is 11.3 Å². The van der Waals surface area contributed by atoms with Crippen molar-refractivity contribution in [3.05, 3.63) is 69.4 Å². The number of thiophene rings is 1. The van der Waals surface area contributed by atoms with Gasteiger partial charge in [-0.1, -0.05) is 6.07 Å². The van der Waals surface area contributed by atoms with Crippen LogP contribution in [-0.2, 0) is 22.5 Å². The maximum Gasteiger partial charge on any atom is 0.227 e. The van der Waals surface area contributed by atoms with Crippen LogP contribution in [0.3, 0.4) is 0 Å². The van der Waals surface area contributed by atoms with Gasteiger partial charge in [-0.3, -0.25) is 4.79 Å². The Morgan fingerprint density at radius 2 is 2.10 bits per heavy atom. The SMILES string of the molecule is Cc1nn(-c2ccc(F)cc2)c(C)c1CC(=O)N(Cc1cccs1)CC1CCCO1. The zero-order valence-electron chi connectivity index (χ0n) is 17.3. The monoisotopic (exact) mass is 427 g/mol. The van der Waals surface area contributed by atoms with Crippen LogP contribution in [0.1, 0.15) is 34.7 Å². The predicted octanol–water partition coefficient (Wildman–Crippen LogP) is 4.44. The van der Waals surface area contributed by atoms with E-state index >= 15 is 0 Å². The second-order valence-corrected chi connectivity index (χ2v) is 8.74. The Hall–Kier alpha value is -2.51. The van der Waals surface area contributed by atoms with Crippen LogP contribution in [0.25, 0.3) is 5.69 Å². The van der Waals surface area contributed by atoms with Gasteiger partial charge in [-0.05, 0) is 62.4 Å². The Balaban J connectivity index is 1.54.